The highest BCUT2D eigenvalue weighted by Gasteiger charge is 2.26. The molecule has 1 fully saturated rings. The van der Waals surface area contributed by atoms with E-state index in [1.54, 1.807) is 4.90 Å². The van der Waals surface area contributed by atoms with Crippen LogP contribution >= 0.6 is 0 Å². The molecule has 1 aliphatic heterocycles. The Morgan fingerprint density at radius 2 is 1.79 bits per heavy atom. The molecule has 0 bridgehead atoms. The van der Waals surface area contributed by atoms with E-state index < -0.39 is 20.4 Å². The van der Waals surface area contributed by atoms with Gasteiger partial charge < -0.3 is 4.90 Å². The standard InChI is InChI=1S/C20H22N2O5S/c1-28(26,27)19-13-17(12-18(14-19)22(24)25)20(23)21-9-7-16(8-10-21)11-15-5-3-2-4-6-15/h2-6,12-14,16H,7-11H2,1H3. The van der Waals surface area contributed by atoms with E-state index in [0.29, 0.717) is 19.0 Å². The van der Waals surface area contributed by atoms with Crippen molar-refractivity contribution in [1.82, 2.24) is 4.90 Å². The monoisotopic (exact) mass is 402 g/mol. The number of hydrogen-bond donors (Lipinski definition) is 0. The first-order valence-electron chi connectivity index (χ1n) is 9.07. The van der Waals surface area contributed by atoms with E-state index in [1.165, 1.54) is 11.6 Å². The topological polar surface area (TPSA) is 97.6 Å². The Bertz CT molecular complexity index is 981. The molecule has 0 aliphatic carbocycles. The van der Waals surface area contributed by atoms with Crippen LogP contribution < -0.4 is 0 Å². The minimum atomic E-state index is -3.66. The van der Waals surface area contributed by atoms with Crippen LogP contribution in [0.3, 0.4) is 0 Å². The van der Waals surface area contributed by atoms with Crippen molar-refractivity contribution < 1.29 is 18.1 Å². The number of non-ortho nitro benzene ring substituents is 1. The maximum Gasteiger partial charge on any atom is 0.271 e. The Labute approximate surface area is 164 Å². The van der Waals surface area contributed by atoms with E-state index >= 15 is 0 Å². The zero-order valence-electron chi connectivity index (χ0n) is 15.6. The van der Waals surface area contributed by atoms with Crippen molar-refractivity contribution >= 4 is 21.4 Å². The van der Waals surface area contributed by atoms with Gasteiger partial charge in [-0.3, -0.25) is 14.9 Å². The number of nitrogens with zero attached hydrogens (tertiary/aromatic N) is 2. The average molecular weight is 402 g/mol. The Kier molecular flexibility index (Phi) is 5.79. The Hall–Kier alpha value is -2.74. The number of nitro groups is 1. The van der Waals surface area contributed by atoms with Crippen molar-refractivity contribution in [2.75, 3.05) is 19.3 Å². The van der Waals surface area contributed by atoms with Crippen LogP contribution in [0.1, 0.15) is 28.8 Å². The molecule has 2 aromatic carbocycles. The number of rotatable bonds is 5. The van der Waals surface area contributed by atoms with Crippen LogP contribution in [0, 0.1) is 16.0 Å². The Balaban J connectivity index is 1.73. The van der Waals surface area contributed by atoms with Crippen LogP contribution in [0.25, 0.3) is 0 Å². The maximum absolute atomic E-state index is 12.8. The first kappa shape index (κ1) is 20.0. The fourth-order valence-corrected chi connectivity index (χ4v) is 4.17. The van der Waals surface area contributed by atoms with E-state index in [9.17, 15) is 23.3 Å². The zero-order valence-corrected chi connectivity index (χ0v) is 16.4. The van der Waals surface area contributed by atoms with Crippen LogP contribution in [0.15, 0.2) is 53.4 Å². The summed E-state index contributed by atoms with van der Waals surface area (Å²) in [4.78, 5) is 24.7. The van der Waals surface area contributed by atoms with Crippen molar-refractivity contribution in [2.45, 2.75) is 24.2 Å². The highest BCUT2D eigenvalue weighted by Crippen LogP contribution is 2.25. The fraction of sp³-hybridized carbons (Fsp3) is 0.350. The normalized spacial score (nSPS) is 15.4. The van der Waals surface area contributed by atoms with Crippen LogP contribution in [0.5, 0.6) is 0 Å². The third-order valence-corrected chi connectivity index (χ3v) is 6.14. The third kappa shape index (κ3) is 4.75. The number of piperidine rings is 1. The van der Waals surface area contributed by atoms with Gasteiger partial charge in [-0.05, 0) is 36.8 Å². The summed E-state index contributed by atoms with van der Waals surface area (Å²) in [6.45, 7) is 1.10. The van der Waals surface area contributed by atoms with Gasteiger partial charge in [-0.15, -0.1) is 0 Å². The van der Waals surface area contributed by atoms with Gasteiger partial charge in [0.25, 0.3) is 11.6 Å². The number of amides is 1. The molecule has 3 rings (SSSR count). The van der Waals surface area contributed by atoms with Crippen LogP contribution in [-0.4, -0.2) is 43.5 Å². The number of carbonyl (C=O) groups is 1. The smallest absolute Gasteiger partial charge is 0.271 e. The Morgan fingerprint density at radius 1 is 1.14 bits per heavy atom. The minimum Gasteiger partial charge on any atom is -0.339 e. The van der Waals surface area contributed by atoms with E-state index in [1.807, 2.05) is 18.2 Å². The summed E-state index contributed by atoms with van der Waals surface area (Å²) in [5.74, 6) is 0.106. The highest BCUT2D eigenvalue weighted by atomic mass is 32.2. The lowest BCUT2D eigenvalue weighted by Gasteiger charge is -2.32. The van der Waals surface area contributed by atoms with Gasteiger partial charge >= 0.3 is 0 Å². The number of sulfone groups is 1. The molecule has 2 aromatic rings. The van der Waals surface area contributed by atoms with E-state index in [4.69, 9.17) is 0 Å². The van der Waals surface area contributed by atoms with E-state index in [2.05, 4.69) is 12.1 Å². The maximum atomic E-state index is 12.8. The number of benzene rings is 2. The van der Waals surface area contributed by atoms with Crippen molar-refractivity contribution in [2.24, 2.45) is 5.92 Å². The predicted molar refractivity (Wildman–Crippen MR) is 105 cm³/mol. The summed E-state index contributed by atoms with van der Waals surface area (Å²) in [5.41, 5.74) is 0.908. The van der Waals surface area contributed by atoms with Gasteiger partial charge in [-0.2, -0.15) is 0 Å². The molecule has 0 unspecified atom stereocenters. The van der Waals surface area contributed by atoms with Crippen molar-refractivity contribution in [3.05, 3.63) is 69.8 Å². The predicted octanol–water partition coefficient (Wildman–Crippen LogP) is 3.09. The molecule has 0 aromatic heterocycles. The van der Waals surface area contributed by atoms with Gasteiger partial charge in [0.15, 0.2) is 9.84 Å². The second-order valence-electron chi connectivity index (χ2n) is 7.17. The van der Waals surface area contributed by atoms with Gasteiger partial charge in [0.2, 0.25) is 0 Å². The molecule has 0 saturated carbocycles. The van der Waals surface area contributed by atoms with Crippen LogP contribution in [0.4, 0.5) is 5.69 Å². The molecule has 0 atom stereocenters. The highest BCUT2D eigenvalue weighted by molar-refractivity contribution is 7.90. The fourth-order valence-electron chi connectivity index (χ4n) is 3.50. The average Bonchev–Trinajstić information content (AvgIpc) is 2.68. The van der Waals surface area contributed by atoms with Gasteiger partial charge in [-0.1, -0.05) is 30.3 Å². The molecule has 0 spiro atoms. The van der Waals surface area contributed by atoms with Gasteiger partial charge in [-0.25, -0.2) is 8.42 Å². The van der Waals surface area contributed by atoms with Crippen molar-refractivity contribution in [3.8, 4) is 0 Å². The Morgan fingerprint density at radius 3 is 2.36 bits per heavy atom. The lowest BCUT2D eigenvalue weighted by molar-refractivity contribution is -0.385. The summed E-state index contributed by atoms with van der Waals surface area (Å²) < 4.78 is 23.7. The second-order valence-corrected chi connectivity index (χ2v) is 9.19. The lowest BCUT2D eigenvalue weighted by atomic mass is 9.90. The molecule has 148 valence electrons. The largest absolute Gasteiger partial charge is 0.339 e. The van der Waals surface area contributed by atoms with Crippen LogP contribution in [-0.2, 0) is 16.3 Å². The molecule has 1 heterocycles. The van der Waals surface area contributed by atoms with Gasteiger partial charge in [0, 0.05) is 37.0 Å². The molecule has 8 heteroatoms. The number of hydrogen-bond acceptors (Lipinski definition) is 5. The summed E-state index contributed by atoms with van der Waals surface area (Å²) in [5, 5.41) is 11.1. The molecule has 1 aliphatic rings. The molecule has 28 heavy (non-hydrogen) atoms. The molecule has 1 amide bonds. The molecular formula is C20H22N2O5S. The molecule has 0 N–H and O–H groups in total. The number of nitro benzene ring substituents is 1. The zero-order chi connectivity index (χ0) is 20.3. The first-order valence-corrected chi connectivity index (χ1v) is 11.0. The summed E-state index contributed by atoms with van der Waals surface area (Å²) in [6.07, 6.45) is 3.61. The van der Waals surface area contributed by atoms with Crippen molar-refractivity contribution in [3.63, 3.8) is 0 Å². The SMILES string of the molecule is CS(=O)(=O)c1cc(C(=O)N2CCC(Cc3ccccc3)CC2)cc([N+](=O)[O-])c1. The van der Waals surface area contributed by atoms with E-state index in [0.717, 1.165) is 37.7 Å². The number of carbonyl (C=O) groups excluding carboxylic acids is 1. The van der Waals surface area contributed by atoms with Crippen LogP contribution in [0.2, 0.25) is 0 Å². The second kappa shape index (κ2) is 8.10. The van der Waals surface area contributed by atoms with Gasteiger partial charge in [0.05, 0.1) is 9.82 Å². The summed E-state index contributed by atoms with van der Waals surface area (Å²) in [6, 6.07) is 13.5. The molecule has 7 nitrogen and oxygen atoms in total. The minimum absolute atomic E-state index is 0.0381. The molecule has 0 radical (unpaired) electrons. The van der Waals surface area contributed by atoms with Crippen molar-refractivity contribution in [1.29, 1.82) is 0 Å². The van der Waals surface area contributed by atoms with Gasteiger partial charge in [0.1, 0.15) is 0 Å². The summed E-state index contributed by atoms with van der Waals surface area (Å²) in [7, 11) is -3.66. The first-order chi connectivity index (χ1) is 13.2. The summed E-state index contributed by atoms with van der Waals surface area (Å²) >= 11 is 0. The number of likely N-dealkylation sites (tertiary alicyclic amines) is 1. The third-order valence-electron chi connectivity index (χ3n) is 5.05. The molecular weight excluding hydrogens is 380 g/mol. The lowest BCUT2D eigenvalue weighted by Crippen LogP contribution is -2.39. The quantitative estimate of drug-likeness (QED) is 0.565. The van der Waals surface area contributed by atoms with E-state index in [-0.39, 0.29) is 16.4 Å². The molecule has 1 saturated heterocycles.